The minimum absolute atomic E-state index is 0.307. The Labute approximate surface area is 107 Å². The second kappa shape index (κ2) is 4.56. The van der Waals surface area contributed by atoms with Gasteiger partial charge in [0, 0.05) is 15.6 Å². The van der Waals surface area contributed by atoms with Gasteiger partial charge < -0.3 is 0 Å². The maximum atomic E-state index is 13.7. The molecule has 2 aromatic rings. The summed E-state index contributed by atoms with van der Waals surface area (Å²) in [6, 6.07) is 10.4. The van der Waals surface area contributed by atoms with E-state index < -0.39 is 0 Å². The molecule has 0 saturated carbocycles. The van der Waals surface area contributed by atoms with Crippen LogP contribution in [-0.2, 0) is 0 Å². The monoisotopic (exact) mass is 298 g/mol. The summed E-state index contributed by atoms with van der Waals surface area (Å²) in [5.41, 5.74) is 2.28. The number of rotatable bonds is 1. The average Bonchev–Trinajstić information content (AvgIpc) is 2.24. The van der Waals surface area contributed by atoms with Gasteiger partial charge in [0.2, 0.25) is 0 Å². The average molecular weight is 300 g/mol. The molecule has 0 aliphatic carbocycles. The van der Waals surface area contributed by atoms with Gasteiger partial charge in [-0.3, -0.25) is 0 Å². The molecule has 0 aliphatic heterocycles. The quantitative estimate of drug-likeness (QED) is 0.677. The lowest BCUT2D eigenvalue weighted by Gasteiger charge is -2.09. The third-order valence-electron chi connectivity index (χ3n) is 2.42. The topological polar surface area (TPSA) is 0 Å². The van der Waals surface area contributed by atoms with Crippen molar-refractivity contribution in [3.05, 3.63) is 57.3 Å². The van der Waals surface area contributed by atoms with E-state index in [0.717, 1.165) is 15.6 Å². The van der Waals surface area contributed by atoms with Crippen molar-refractivity contribution in [3.63, 3.8) is 0 Å². The Balaban J connectivity index is 2.73. The molecule has 2 aromatic carbocycles. The third-order valence-corrected chi connectivity index (χ3v) is 3.79. The molecule has 0 nitrogen and oxygen atoms in total. The van der Waals surface area contributed by atoms with Crippen molar-refractivity contribution >= 4 is 27.5 Å². The van der Waals surface area contributed by atoms with Gasteiger partial charge in [-0.15, -0.1) is 0 Å². The van der Waals surface area contributed by atoms with Gasteiger partial charge in [0.1, 0.15) is 5.82 Å². The molecule has 0 amide bonds. The number of benzene rings is 2. The summed E-state index contributed by atoms with van der Waals surface area (Å²) in [4.78, 5) is 0. The molecular formula is C13H9BrClF. The fourth-order valence-electron chi connectivity index (χ4n) is 1.60. The molecule has 0 atom stereocenters. The van der Waals surface area contributed by atoms with E-state index in [1.807, 2.05) is 25.1 Å². The summed E-state index contributed by atoms with van der Waals surface area (Å²) in [7, 11) is 0. The van der Waals surface area contributed by atoms with Gasteiger partial charge in [0.05, 0.1) is 5.02 Å². The predicted octanol–water partition coefficient (Wildman–Crippen LogP) is 5.22. The second-order valence-corrected chi connectivity index (χ2v) is 4.73. The van der Waals surface area contributed by atoms with Crippen molar-refractivity contribution in [3.8, 4) is 11.1 Å². The van der Waals surface area contributed by atoms with Crippen molar-refractivity contribution in [2.75, 3.05) is 0 Å². The Kier molecular flexibility index (Phi) is 3.31. The molecule has 16 heavy (non-hydrogen) atoms. The molecular weight excluding hydrogens is 290 g/mol. The summed E-state index contributed by atoms with van der Waals surface area (Å²) >= 11 is 9.49. The normalized spacial score (nSPS) is 10.5. The lowest BCUT2D eigenvalue weighted by Crippen LogP contribution is -1.88. The van der Waals surface area contributed by atoms with Crippen LogP contribution in [0.25, 0.3) is 11.1 Å². The van der Waals surface area contributed by atoms with Crippen LogP contribution in [0.2, 0.25) is 5.02 Å². The zero-order chi connectivity index (χ0) is 11.7. The first-order valence-corrected chi connectivity index (χ1v) is 5.98. The van der Waals surface area contributed by atoms with Gasteiger partial charge in [0.15, 0.2) is 0 Å². The van der Waals surface area contributed by atoms with Crippen LogP contribution >= 0.6 is 27.5 Å². The van der Waals surface area contributed by atoms with Crippen LogP contribution in [0.15, 0.2) is 40.9 Å². The van der Waals surface area contributed by atoms with Gasteiger partial charge in [0.25, 0.3) is 0 Å². The predicted molar refractivity (Wildman–Crippen MR) is 69.3 cm³/mol. The van der Waals surface area contributed by atoms with Crippen LogP contribution in [0.3, 0.4) is 0 Å². The largest absolute Gasteiger partial charge is 0.206 e. The summed E-state index contributed by atoms with van der Waals surface area (Å²) in [5.74, 6) is -0.307. The van der Waals surface area contributed by atoms with Gasteiger partial charge in [-0.2, -0.15) is 0 Å². The van der Waals surface area contributed by atoms with Crippen LogP contribution in [0.4, 0.5) is 4.39 Å². The lowest BCUT2D eigenvalue weighted by atomic mass is 10.0. The first-order valence-electron chi connectivity index (χ1n) is 4.80. The Hall–Kier alpha value is -0.860. The van der Waals surface area contributed by atoms with Crippen molar-refractivity contribution < 1.29 is 4.39 Å². The zero-order valence-corrected chi connectivity index (χ0v) is 10.9. The Morgan fingerprint density at radius 3 is 2.50 bits per heavy atom. The molecule has 82 valence electrons. The smallest absolute Gasteiger partial charge is 0.132 e. The van der Waals surface area contributed by atoms with Gasteiger partial charge in [-0.1, -0.05) is 35.9 Å². The minimum Gasteiger partial charge on any atom is -0.206 e. The first kappa shape index (κ1) is 11.6. The van der Waals surface area contributed by atoms with E-state index in [-0.39, 0.29) is 5.82 Å². The van der Waals surface area contributed by atoms with E-state index >= 15 is 0 Å². The highest BCUT2D eigenvalue weighted by atomic mass is 79.9. The molecule has 0 spiro atoms. The maximum absolute atomic E-state index is 13.7. The van der Waals surface area contributed by atoms with E-state index in [1.165, 1.54) is 6.07 Å². The molecule has 3 heteroatoms. The Morgan fingerprint density at radius 2 is 1.81 bits per heavy atom. The summed E-state index contributed by atoms with van der Waals surface area (Å²) in [5, 5.41) is 0.423. The second-order valence-electron chi connectivity index (χ2n) is 3.53. The minimum atomic E-state index is -0.307. The molecule has 0 aliphatic rings. The highest BCUT2D eigenvalue weighted by Crippen LogP contribution is 2.36. The van der Waals surface area contributed by atoms with Crippen LogP contribution in [0.5, 0.6) is 0 Å². The Morgan fingerprint density at radius 1 is 1.12 bits per heavy atom. The molecule has 0 fully saturated rings. The SMILES string of the molecule is Cc1cccc(-c2c(F)cccc2Cl)c1Br. The number of hydrogen-bond donors (Lipinski definition) is 0. The van der Waals surface area contributed by atoms with E-state index in [4.69, 9.17) is 11.6 Å². The van der Waals surface area contributed by atoms with Crippen molar-refractivity contribution in [2.24, 2.45) is 0 Å². The van der Waals surface area contributed by atoms with E-state index in [9.17, 15) is 4.39 Å². The maximum Gasteiger partial charge on any atom is 0.132 e. The fourth-order valence-corrected chi connectivity index (χ4v) is 2.32. The Bertz CT molecular complexity index is 517. The van der Waals surface area contributed by atoms with Gasteiger partial charge in [-0.05, 0) is 40.5 Å². The molecule has 0 aromatic heterocycles. The van der Waals surface area contributed by atoms with Crippen molar-refractivity contribution in [1.82, 2.24) is 0 Å². The molecule has 0 heterocycles. The van der Waals surface area contributed by atoms with Crippen molar-refractivity contribution in [2.45, 2.75) is 6.92 Å². The van der Waals surface area contributed by atoms with Crippen LogP contribution in [0.1, 0.15) is 5.56 Å². The van der Waals surface area contributed by atoms with Crippen molar-refractivity contribution in [1.29, 1.82) is 0 Å². The lowest BCUT2D eigenvalue weighted by molar-refractivity contribution is 0.631. The van der Waals surface area contributed by atoms with E-state index in [0.29, 0.717) is 10.6 Å². The number of aryl methyl sites for hydroxylation is 1. The fraction of sp³-hybridized carbons (Fsp3) is 0.0769. The zero-order valence-electron chi connectivity index (χ0n) is 8.60. The molecule has 2 rings (SSSR count). The number of hydrogen-bond acceptors (Lipinski definition) is 0. The summed E-state index contributed by atoms with van der Waals surface area (Å²) < 4.78 is 14.6. The van der Waals surface area contributed by atoms with Crippen LogP contribution < -0.4 is 0 Å². The standard InChI is InChI=1S/C13H9BrClF/c1-8-4-2-5-9(13(8)14)12-10(15)6-3-7-11(12)16/h2-7H,1H3. The first-order chi connectivity index (χ1) is 7.61. The molecule has 0 N–H and O–H groups in total. The van der Waals surface area contributed by atoms with Crippen LogP contribution in [0, 0.1) is 12.7 Å². The van der Waals surface area contributed by atoms with Crippen LogP contribution in [-0.4, -0.2) is 0 Å². The highest BCUT2D eigenvalue weighted by Gasteiger charge is 2.12. The molecule has 0 saturated heterocycles. The summed E-state index contributed by atoms with van der Waals surface area (Å²) in [6.45, 7) is 1.96. The van der Waals surface area contributed by atoms with Gasteiger partial charge >= 0.3 is 0 Å². The van der Waals surface area contributed by atoms with E-state index in [1.54, 1.807) is 12.1 Å². The molecule has 0 radical (unpaired) electrons. The number of halogens is 3. The van der Waals surface area contributed by atoms with E-state index in [2.05, 4.69) is 15.9 Å². The molecule has 0 bridgehead atoms. The summed E-state index contributed by atoms with van der Waals surface area (Å²) in [6.07, 6.45) is 0. The highest BCUT2D eigenvalue weighted by molar-refractivity contribution is 9.10. The third kappa shape index (κ3) is 2.00. The van der Waals surface area contributed by atoms with Gasteiger partial charge in [-0.25, -0.2) is 4.39 Å². The molecule has 0 unspecified atom stereocenters.